The van der Waals surface area contributed by atoms with E-state index in [2.05, 4.69) is 48.7 Å². The van der Waals surface area contributed by atoms with Gasteiger partial charge in [0, 0.05) is 16.4 Å². The highest BCUT2D eigenvalue weighted by Gasteiger charge is 2.35. The summed E-state index contributed by atoms with van der Waals surface area (Å²) in [5.74, 6) is 0.923. The lowest BCUT2D eigenvalue weighted by Gasteiger charge is -2.33. The van der Waals surface area contributed by atoms with Crippen LogP contribution in [0, 0.1) is 11.3 Å². The summed E-state index contributed by atoms with van der Waals surface area (Å²) in [5, 5.41) is 9.68. The summed E-state index contributed by atoms with van der Waals surface area (Å²) in [6, 6.07) is 18.9. The molecule has 1 aliphatic heterocycles. The fraction of sp³-hybridized carbons (Fsp3) is 0.190. The zero-order valence-electron chi connectivity index (χ0n) is 14.0. The number of fused-ring (bicyclic) bond motifs is 2. The van der Waals surface area contributed by atoms with Crippen LogP contribution in [-0.4, -0.2) is 6.26 Å². The number of nitrogens with two attached hydrogens (primary N) is 1. The van der Waals surface area contributed by atoms with Gasteiger partial charge in [-0.2, -0.15) is 5.26 Å². The van der Waals surface area contributed by atoms with Crippen LogP contribution in [0.4, 0.5) is 0 Å². The van der Waals surface area contributed by atoms with E-state index in [0.717, 1.165) is 35.3 Å². The van der Waals surface area contributed by atoms with Crippen LogP contribution in [0.5, 0.6) is 0 Å². The summed E-state index contributed by atoms with van der Waals surface area (Å²) in [5.41, 5.74) is 11.2. The van der Waals surface area contributed by atoms with Crippen LogP contribution in [0.3, 0.4) is 0 Å². The molecule has 2 N–H and O–H groups in total. The molecule has 0 saturated heterocycles. The van der Waals surface area contributed by atoms with E-state index in [1.165, 1.54) is 10.5 Å². The molecule has 4 rings (SSSR count). The first-order chi connectivity index (χ1) is 12.2. The minimum atomic E-state index is -0.127. The fourth-order valence-electron chi connectivity index (χ4n) is 3.68. The second kappa shape index (κ2) is 6.34. The molecular weight excluding hydrogens is 328 g/mol. The van der Waals surface area contributed by atoms with E-state index in [1.807, 2.05) is 12.1 Å². The van der Waals surface area contributed by atoms with Crippen LogP contribution >= 0.6 is 11.8 Å². The molecule has 1 unspecified atom stereocenters. The molecule has 0 spiro atoms. The van der Waals surface area contributed by atoms with Gasteiger partial charge in [-0.1, -0.05) is 36.4 Å². The Hall–Kier alpha value is -2.64. The van der Waals surface area contributed by atoms with Gasteiger partial charge in [-0.25, -0.2) is 0 Å². The lowest BCUT2D eigenvalue weighted by Crippen LogP contribution is -2.23. The Bertz CT molecular complexity index is 935. The SMILES string of the molecule is CSc1ccc(C2C(C#N)=C(N)OC3=C2CCc2ccccc23)cc1. The van der Waals surface area contributed by atoms with Gasteiger partial charge >= 0.3 is 0 Å². The van der Waals surface area contributed by atoms with Gasteiger partial charge in [0.25, 0.3) is 0 Å². The molecule has 2 aromatic rings. The van der Waals surface area contributed by atoms with Crippen LogP contribution in [0.2, 0.25) is 0 Å². The molecule has 0 amide bonds. The zero-order chi connectivity index (χ0) is 17.4. The van der Waals surface area contributed by atoms with Crippen LogP contribution < -0.4 is 5.73 Å². The topological polar surface area (TPSA) is 59.0 Å². The summed E-state index contributed by atoms with van der Waals surface area (Å²) in [4.78, 5) is 1.20. The number of thioether (sulfide) groups is 1. The predicted octanol–water partition coefficient (Wildman–Crippen LogP) is 4.57. The van der Waals surface area contributed by atoms with Crippen molar-refractivity contribution in [1.29, 1.82) is 5.26 Å². The van der Waals surface area contributed by atoms with Crippen LogP contribution in [0.25, 0.3) is 5.76 Å². The van der Waals surface area contributed by atoms with Gasteiger partial charge in [0.05, 0.1) is 0 Å². The van der Waals surface area contributed by atoms with Crippen molar-refractivity contribution in [1.82, 2.24) is 0 Å². The monoisotopic (exact) mass is 346 g/mol. The third-order valence-corrected chi connectivity index (χ3v) is 5.65. The van der Waals surface area contributed by atoms with E-state index in [1.54, 1.807) is 11.8 Å². The van der Waals surface area contributed by atoms with Crippen LogP contribution in [0.15, 0.2) is 70.5 Å². The number of aryl methyl sites for hydroxylation is 1. The number of nitrogens with zero attached hydrogens (tertiary/aromatic N) is 1. The highest BCUT2D eigenvalue weighted by atomic mass is 32.2. The van der Waals surface area contributed by atoms with E-state index < -0.39 is 0 Å². The Morgan fingerprint density at radius 1 is 1.12 bits per heavy atom. The number of allylic oxidation sites excluding steroid dienone is 2. The molecule has 2 aliphatic rings. The Balaban J connectivity index is 1.88. The van der Waals surface area contributed by atoms with Crippen LogP contribution in [0.1, 0.15) is 29.0 Å². The molecule has 25 heavy (non-hydrogen) atoms. The molecular formula is C21H18N2OS. The molecule has 0 radical (unpaired) electrons. The Kier molecular flexibility index (Phi) is 4.03. The van der Waals surface area contributed by atoms with Crippen molar-refractivity contribution in [3.8, 4) is 6.07 Å². The van der Waals surface area contributed by atoms with Crippen molar-refractivity contribution in [2.24, 2.45) is 5.73 Å². The average molecular weight is 346 g/mol. The maximum Gasteiger partial charge on any atom is 0.205 e. The summed E-state index contributed by atoms with van der Waals surface area (Å²) in [6.45, 7) is 0. The van der Waals surface area contributed by atoms with E-state index in [-0.39, 0.29) is 11.8 Å². The molecule has 1 heterocycles. The lowest BCUT2D eigenvalue weighted by molar-refractivity contribution is 0.349. The average Bonchev–Trinajstić information content (AvgIpc) is 2.67. The Labute approximate surface area is 151 Å². The molecule has 0 aromatic heterocycles. The smallest absolute Gasteiger partial charge is 0.205 e. The molecule has 1 aliphatic carbocycles. The molecule has 2 aromatic carbocycles. The van der Waals surface area contributed by atoms with Gasteiger partial charge in [0.1, 0.15) is 17.4 Å². The van der Waals surface area contributed by atoms with Gasteiger partial charge in [-0.05, 0) is 47.9 Å². The second-order valence-corrected chi connectivity index (χ2v) is 7.09. The number of hydrogen-bond donors (Lipinski definition) is 1. The van der Waals surface area contributed by atoms with Crippen molar-refractivity contribution in [2.75, 3.05) is 6.26 Å². The quantitative estimate of drug-likeness (QED) is 0.809. The Morgan fingerprint density at radius 3 is 2.60 bits per heavy atom. The number of ether oxygens (including phenoxy) is 1. The van der Waals surface area contributed by atoms with E-state index in [4.69, 9.17) is 10.5 Å². The first-order valence-electron chi connectivity index (χ1n) is 8.25. The minimum Gasteiger partial charge on any atom is -0.440 e. The van der Waals surface area contributed by atoms with Crippen molar-refractivity contribution in [3.63, 3.8) is 0 Å². The van der Waals surface area contributed by atoms with Gasteiger partial charge in [0.2, 0.25) is 5.88 Å². The molecule has 3 nitrogen and oxygen atoms in total. The number of hydrogen-bond acceptors (Lipinski definition) is 4. The standard InChI is InChI=1S/C21H18N2OS/c1-25-15-9-6-14(7-10-15)19-17-11-8-13-4-2-3-5-16(13)20(17)24-21(23)18(19)12-22/h2-7,9-10,19H,8,11,23H2,1H3. The second-order valence-electron chi connectivity index (χ2n) is 6.21. The first-order valence-corrected chi connectivity index (χ1v) is 9.48. The third-order valence-electron chi connectivity index (χ3n) is 4.90. The van der Waals surface area contributed by atoms with E-state index in [0.29, 0.717) is 5.57 Å². The summed E-state index contributed by atoms with van der Waals surface area (Å²) in [6.07, 6.45) is 3.89. The third kappa shape index (κ3) is 2.61. The predicted molar refractivity (Wildman–Crippen MR) is 101 cm³/mol. The number of nitriles is 1. The van der Waals surface area contributed by atoms with E-state index >= 15 is 0 Å². The normalized spacial score (nSPS) is 19.0. The van der Waals surface area contributed by atoms with Gasteiger partial charge in [0.15, 0.2) is 0 Å². The molecule has 0 bridgehead atoms. The van der Waals surface area contributed by atoms with Gasteiger partial charge < -0.3 is 10.5 Å². The Morgan fingerprint density at radius 2 is 1.88 bits per heavy atom. The highest BCUT2D eigenvalue weighted by molar-refractivity contribution is 7.98. The van der Waals surface area contributed by atoms with Gasteiger partial charge in [-0.15, -0.1) is 11.8 Å². The maximum absolute atomic E-state index is 9.68. The largest absolute Gasteiger partial charge is 0.440 e. The lowest BCUT2D eigenvalue weighted by atomic mass is 9.77. The maximum atomic E-state index is 9.68. The molecule has 0 saturated carbocycles. The van der Waals surface area contributed by atoms with Crippen molar-refractivity contribution in [3.05, 3.63) is 82.3 Å². The molecule has 4 heteroatoms. The first kappa shape index (κ1) is 15.9. The summed E-state index contributed by atoms with van der Waals surface area (Å²) < 4.78 is 5.93. The number of rotatable bonds is 2. The van der Waals surface area contributed by atoms with Gasteiger partial charge in [-0.3, -0.25) is 0 Å². The van der Waals surface area contributed by atoms with Crippen molar-refractivity contribution in [2.45, 2.75) is 23.7 Å². The minimum absolute atomic E-state index is 0.127. The zero-order valence-corrected chi connectivity index (χ0v) is 14.8. The highest BCUT2D eigenvalue weighted by Crippen LogP contribution is 2.47. The van der Waals surface area contributed by atoms with E-state index in [9.17, 15) is 5.26 Å². The molecule has 0 fully saturated rings. The fourth-order valence-corrected chi connectivity index (χ4v) is 4.09. The van der Waals surface area contributed by atoms with Crippen LogP contribution in [-0.2, 0) is 11.2 Å². The number of benzene rings is 2. The van der Waals surface area contributed by atoms with Crippen molar-refractivity contribution < 1.29 is 4.74 Å². The summed E-state index contributed by atoms with van der Waals surface area (Å²) >= 11 is 1.71. The summed E-state index contributed by atoms with van der Waals surface area (Å²) in [7, 11) is 0. The molecule has 1 atom stereocenters. The molecule has 124 valence electrons. The van der Waals surface area contributed by atoms with Crippen molar-refractivity contribution >= 4 is 17.5 Å².